The predicted octanol–water partition coefficient (Wildman–Crippen LogP) is 3.80. The van der Waals surface area contributed by atoms with Crippen LogP contribution in [0.3, 0.4) is 0 Å². The number of carbonyl (C=O) groups is 2. The molecular formula is C28H32FN5O4S. The number of hydrogen-bond acceptors (Lipinski definition) is 5. The third-order valence-corrected chi connectivity index (χ3v) is 7.63. The molecule has 1 aliphatic heterocycles. The minimum absolute atomic E-state index is 0.0270. The van der Waals surface area contributed by atoms with Gasteiger partial charge in [-0.1, -0.05) is 30.3 Å². The molecule has 3 N–H and O–H groups in total. The lowest BCUT2D eigenvalue weighted by Gasteiger charge is -2.37. The van der Waals surface area contributed by atoms with Crippen LogP contribution in [0.2, 0.25) is 0 Å². The summed E-state index contributed by atoms with van der Waals surface area (Å²) in [6.07, 6.45) is 0. The molecule has 0 aliphatic carbocycles. The Morgan fingerprint density at radius 2 is 1.59 bits per heavy atom. The van der Waals surface area contributed by atoms with Gasteiger partial charge in [0.1, 0.15) is 5.82 Å². The van der Waals surface area contributed by atoms with Gasteiger partial charge in [0.25, 0.3) is 15.9 Å². The Morgan fingerprint density at radius 1 is 0.923 bits per heavy atom. The molecule has 4 rings (SSSR count). The highest BCUT2D eigenvalue weighted by molar-refractivity contribution is 7.92. The molecule has 1 fully saturated rings. The molecule has 0 unspecified atom stereocenters. The van der Waals surface area contributed by atoms with Crippen molar-refractivity contribution in [2.75, 3.05) is 35.8 Å². The lowest BCUT2D eigenvalue weighted by Crippen LogP contribution is -2.53. The Morgan fingerprint density at radius 3 is 2.23 bits per heavy atom. The summed E-state index contributed by atoms with van der Waals surface area (Å²) in [5.74, 6) is -0.776. The smallest absolute Gasteiger partial charge is 0.317 e. The van der Waals surface area contributed by atoms with E-state index in [1.165, 1.54) is 30.3 Å². The van der Waals surface area contributed by atoms with Gasteiger partial charge in [-0.15, -0.1) is 0 Å². The monoisotopic (exact) mass is 553 g/mol. The highest BCUT2D eigenvalue weighted by atomic mass is 32.2. The minimum atomic E-state index is -3.86. The van der Waals surface area contributed by atoms with Crippen LogP contribution in [0.1, 0.15) is 29.8 Å². The number of rotatable bonds is 8. The van der Waals surface area contributed by atoms with Crippen LogP contribution >= 0.6 is 0 Å². The number of amides is 3. The maximum absolute atomic E-state index is 13.4. The van der Waals surface area contributed by atoms with Gasteiger partial charge in [0, 0.05) is 50.1 Å². The van der Waals surface area contributed by atoms with Crippen LogP contribution in [0.4, 0.5) is 20.6 Å². The first kappa shape index (κ1) is 27.9. The van der Waals surface area contributed by atoms with E-state index >= 15 is 0 Å². The second kappa shape index (κ2) is 12.2. The van der Waals surface area contributed by atoms with Gasteiger partial charge in [0.05, 0.1) is 10.5 Å². The van der Waals surface area contributed by atoms with Crippen molar-refractivity contribution in [2.24, 2.45) is 0 Å². The van der Waals surface area contributed by atoms with E-state index in [4.69, 9.17) is 0 Å². The maximum Gasteiger partial charge on any atom is 0.317 e. The summed E-state index contributed by atoms with van der Waals surface area (Å²) in [6.45, 7) is 5.91. The lowest BCUT2D eigenvalue weighted by atomic mass is 10.1. The number of nitrogens with one attached hydrogen (secondary N) is 3. The van der Waals surface area contributed by atoms with Gasteiger partial charge in [-0.25, -0.2) is 17.6 Å². The summed E-state index contributed by atoms with van der Waals surface area (Å²) >= 11 is 0. The Balaban J connectivity index is 1.56. The first-order chi connectivity index (χ1) is 18.6. The number of benzene rings is 3. The van der Waals surface area contributed by atoms with Crippen molar-refractivity contribution in [3.63, 3.8) is 0 Å². The summed E-state index contributed by atoms with van der Waals surface area (Å²) in [4.78, 5) is 29.6. The van der Waals surface area contributed by atoms with E-state index in [9.17, 15) is 22.4 Å². The number of piperazine rings is 1. The second-order valence-corrected chi connectivity index (χ2v) is 11.2. The van der Waals surface area contributed by atoms with Crippen molar-refractivity contribution >= 4 is 33.3 Å². The molecule has 0 spiro atoms. The molecule has 9 nitrogen and oxygen atoms in total. The minimum Gasteiger partial charge on any atom is -0.367 e. The zero-order valence-electron chi connectivity index (χ0n) is 21.9. The van der Waals surface area contributed by atoms with Crippen molar-refractivity contribution in [3.8, 4) is 0 Å². The highest BCUT2D eigenvalue weighted by Crippen LogP contribution is 2.27. The van der Waals surface area contributed by atoms with Crippen LogP contribution in [0.25, 0.3) is 0 Å². The number of hydrogen-bond donors (Lipinski definition) is 3. The first-order valence-corrected chi connectivity index (χ1v) is 14.2. The van der Waals surface area contributed by atoms with Gasteiger partial charge in [-0.3, -0.25) is 9.52 Å². The van der Waals surface area contributed by atoms with Crippen LogP contribution in [-0.4, -0.2) is 57.5 Å². The van der Waals surface area contributed by atoms with E-state index in [0.29, 0.717) is 31.9 Å². The Hall–Kier alpha value is -4.12. The van der Waals surface area contributed by atoms with Crippen molar-refractivity contribution < 1.29 is 22.4 Å². The SMILES string of the molecule is CC(C)NC(=O)N1CCN(c2ccc(NS(=O)(=O)c3ccccc3)cc2C(=O)NCc2ccc(F)cc2)CC1. The molecule has 11 heteroatoms. The molecule has 1 saturated heterocycles. The molecule has 3 aromatic carbocycles. The normalized spacial score (nSPS) is 13.7. The Bertz CT molecular complexity index is 1410. The van der Waals surface area contributed by atoms with Gasteiger partial charge in [-0.2, -0.15) is 0 Å². The average molecular weight is 554 g/mol. The van der Waals surface area contributed by atoms with E-state index in [-0.39, 0.29) is 40.6 Å². The molecular weight excluding hydrogens is 521 g/mol. The van der Waals surface area contributed by atoms with E-state index in [0.717, 1.165) is 5.56 Å². The lowest BCUT2D eigenvalue weighted by molar-refractivity contribution is 0.0951. The van der Waals surface area contributed by atoms with Gasteiger partial charge < -0.3 is 20.4 Å². The van der Waals surface area contributed by atoms with Crippen LogP contribution < -0.4 is 20.3 Å². The van der Waals surface area contributed by atoms with E-state index in [1.807, 2.05) is 18.7 Å². The molecule has 1 aliphatic rings. The fourth-order valence-corrected chi connectivity index (χ4v) is 5.31. The second-order valence-electron chi connectivity index (χ2n) is 9.54. The summed E-state index contributed by atoms with van der Waals surface area (Å²) in [6, 6.07) is 18.5. The van der Waals surface area contributed by atoms with Crippen molar-refractivity contribution in [1.29, 1.82) is 0 Å². The van der Waals surface area contributed by atoms with E-state index in [2.05, 4.69) is 15.4 Å². The topological polar surface area (TPSA) is 111 Å². The van der Waals surface area contributed by atoms with Crippen molar-refractivity contribution in [1.82, 2.24) is 15.5 Å². The third-order valence-electron chi connectivity index (χ3n) is 6.23. The van der Waals surface area contributed by atoms with Gasteiger partial charge >= 0.3 is 6.03 Å². The first-order valence-electron chi connectivity index (χ1n) is 12.7. The van der Waals surface area contributed by atoms with Crippen LogP contribution in [0, 0.1) is 5.82 Å². The summed E-state index contributed by atoms with van der Waals surface area (Å²) < 4.78 is 41.6. The molecule has 3 amide bonds. The Kier molecular flexibility index (Phi) is 8.70. The number of nitrogens with zero attached hydrogens (tertiary/aromatic N) is 2. The van der Waals surface area contributed by atoms with Gasteiger partial charge in [-0.05, 0) is 61.9 Å². The summed E-state index contributed by atoms with van der Waals surface area (Å²) in [7, 11) is -3.86. The predicted molar refractivity (Wildman–Crippen MR) is 149 cm³/mol. The highest BCUT2D eigenvalue weighted by Gasteiger charge is 2.25. The molecule has 1 heterocycles. The molecule has 0 bridgehead atoms. The molecule has 0 aromatic heterocycles. The van der Waals surface area contributed by atoms with Crippen LogP contribution in [-0.2, 0) is 16.6 Å². The van der Waals surface area contributed by atoms with Gasteiger partial charge in [0.2, 0.25) is 0 Å². The van der Waals surface area contributed by atoms with Crippen LogP contribution in [0.15, 0.2) is 77.7 Å². The quantitative estimate of drug-likeness (QED) is 0.393. The molecule has 0 saturated carbocycles. The molecule has 206 valence electrons. The third kappa shape index (κ3) is 7.26. The maximum atomic E-state index is 13.4. The fourth-order valence-electron chi connectivity index (χ4n) is 4.24. The van der Waals surface area contributed by atoms with Gasteiger partial charge in [0.15, 0.2) is 0 Å². The van der Waals surface area contributed by atoms with Crippen molar-refractivity contribution in [2.45, 2.75) is 31.3 Å². The number of halogens is 1. The van der Waals surface area contributed by atoms with E-state index in [1.54, 1.807) is 47.4 Å². The average Bonchev–Trinajstić information content (AvgIpc) is 2.92. The largest absolute Gasteiger partial charge is 0.367 e. The van der Waals surface area contributed by atoms with Crippen molar-refractivity contribution in [3.05, 3.63) is 89.7 Å². The number of anilines is 2. The Labute approximate surface area is 228 Å². The molecule has 39 heavy (non-hydrogen) atoms. The van der Waals surface area contributed by atoms with Crippen LogP contribution in [0.5, 0.6) is 0 Å². The summed E-state index contributed by atoms with van der Waals surface area (Å²) in [5, 5.41) is 5.74. The van der Waals surface area contributed by atoms with E-state index < -0.39 is 15.9 Å². The molecule has 0 atom stereocenters. The zero-order chi connectivity index (χ0) is 28.0. The molecule has 0 radical (unpaired) electrons. The number of carbonyl (C=O) groups excluding carboxylic acids is 2. The number of urea groups is 1. The summed E-state index contributed by atoms with van der Waals surface area (Å²) in [5.41, 5.74) is 1.87. The number of sulfonamides is 1. The standard InChI is InChI=1S/C28H32FN5O4S/c1-20(2)31-28(36)34-16-14-33(15-17-34)26-13-12-23(32-39(37,38)24-6-4-3-5-7-24)18-25(26)27(35)30-19-21-8-10-22(29)11-9-21/h3-13,18,20,32H,14-17,19H2,1-2H3,(H,30,35)(H,31,36). The molecule has 3 aromatic rings. The fraction of sp³-hybridized carbons (Fsp3) is 0.286. The zero-order valence-corrected chi connectivity index (χ0v) is 22.7.